The molecule has 1 saturated carbocycles. The number of halogens is 3. The number of rotatable bonds is 5. The van der Waals surface area contributed by atoms with Gasteiger partial charge in [-0.05, 0) is 26.7 Å². The molecule has 7 heteroatoms. The van der Waals surface area contributed by atoms with Crippen LogP contribution in [0.4, 0.5) is 24.8 Å². The molecule has 1 aromatic rings. The van der Waals surface area contributed by atoms with Crippen LogP contribution in [0.2, 0.25) is 0 Å². The maximum Gasteiger partial charge on any atom is 0.405 e. The van der Waals surface area contributed by atoms with E-state index in [2.05, 4.69) is 15.3 Å². The van der Waals surface area contributed by atoms with E-state index in [1.165, 1.54) is 4.90 Å². The van der Waals surface area contributed by atoms with Crippen molar-refractivity contribution in [3.63, 3.8) is 0 Å². The number of aromatic nitrogens is 2. The second-order valence-electron chi connectivity index (χ2n) is 4.66. The van der Waals surface area contributed by atoms with Crippen molar-refractivity contribution in [1.29, 1.82) is 0 Å². The van der Waals surface area contributed by atoms with Crippen LogP contribution < -0.4 is 10.2 Å². The Hall–Kier alpha value is -1.53. The SMILES string of the molecule is CCNc1cc(N(CC(F)(F)F)C2CC2)nc(C)n1. The number of hydrogen-bond donors (Lipinski definition) is 1. The topological polar surface area (TPSA) is 41.0 Å². The summed E-state index contributed by atoms with van der Waals surface area (Å²) in [4.78, 5) is 9.62. The lowest BCUT2D eigenvalue weighted by molar-refractivity contribution is -0.120. The van der Waals surface area contributed by atoms with E-state index in [0.29, 0.717) is 24.0 Å². The highest BCUT2D eigenvalue weighted by molar-refractivity contribution is 5.51. The first-order valence-electron chi connectivity index (χ1n) is 6.32. The van der Waals surface area contributed by atoms with Gasteiger partial charge >= 0.3 is 6.18 Å². The molecule has 0 aromatic carbocycles. The third-order valence-corrected chi connectivity index (χ3v) is 2.81. The van der Waals surface area contributed by atoms with Crippen molar-refractivity contribution in [3.8, 4) is 0 Å². The lowest BCUT2D eigenvalue weighted by Gasteiger charge is -2.25. The standard InChI is InChI=1S/C12H17F3N4/c1-3-16-10-6-11(18-8(2)17-10)19(9-4-5-9)7-12(13,14)15/h6,9H,3-5,7H2,1-2H3,(H,16,17,18). The first-order chi connectivity index (χ1) is 8.89. The van der Waals surface area contributed by atoms with Crippen LogP contribution in [0.5, 0.6) is 0 Å². The Kier molecular flexibility index (Phi) is 3.82. The van der Waals surface area contributed by atoms with Gasteiger partial charge in [-0.15, -0.1) is 0 Å². The Balaban J connectivity index is 2.25. The zero-order valence-corrected chi connectivity index (χ0v) is 11.0. The average molecular weight is 274 g/mol. The van der Waals surface area contributed by atoms with E-state index in [1.807, 2.05) is 6.92 Å². The lowest BCUT2D eigenvalue weighted by Crippen LogP contribution is -2.36. The maximum absolute atomic E-state index is 12.6. The molecular weight excluding hydrogens is 257 g/mol. The first kappa shape index (κ1) is 13.9. The molecule has 19 heavy (non-hydrogen) atoms. The van der Waals surface area contributed by atoms with Gasteiger partial charge in [-0.1, -0.05) is 0 Å². The number of nitrogens with zero attached hydrogens (tertiary/aromatic N) is 3. The molecule has 0 aliphatic heterocycles. The summed E-state index contributed by atoms with van der Waals surface area (Å²) in [7, 11) is 0. The molecular formula is C12H17F3N4. The maximum atomic E-state index is 12.6. The largest absolute Gasteiger partial charge is 0.405 e. The fraction of sp³-hybridized carbons (Fsp3) is 0.667. The second kappa shape index (κ2) is 5.22. The van der Waals surface area contributed by atoms with Crippen molar-refractivity contribution in [2.75, 3.05) is 23.3 Å². The van der Waals surface area contributed by atoms with E-state index in [-0.39, 0.29) is 6.04 Å². The molecule has 0 unspecified atom stereocenters. The molecule has 1 aromatic heterocycles. The van der Waals surface area contributed by atoms with E-state index in [9.17, 15) is 13.2 Å². The van der Waals surface area contributed by atoms with Crippen molar-refractivity contribution in [3.05, 3.63) is 11.9 Å². The van der Waals surface area contributed by atoms with Crippen LogP contribution in [0.3, 0.4) is 0 Å². The van der Waals surface area contributed by atoms with Crippen LogP contribution in [0.1, 0.15) is 25.6 Å². The summed E-state index contributed by atoms with van der Waals surface area (Å²) >= 11 is 0. The quantitative estimate of drug-likeness (QED) is 0.896. The van der Waals surface area contributed by atoms with Gasteiger partial charge in [-0.2, -0.15) is 13.2 Å². The van der Waals surface area contributed by atoms with Crippen LogP contribution in [-0.2, 0) is 0 Å². The smallest absolute Gasteiger partial charge is 0.370 e. The van der Waals surface area contributed by atoms with Gasteiger partial charge in [-0.3, -0.25) is 0 Å². The number of alkyl halides is 3. The molecule has 0 saturated heterocycles. The minimum absolute atomic E-state index is 0.0506. The fourth-order valence-corrected chi connectivity index (χ4v) is 1.95. The minimum Gasteiger partial charge on any atom is -0.370 e. The van der Waals surface area contributed by atoms with Gasteiger partial charge in [0.2, 0.25) is 0 Å². The third-order valence-electron chi connectivity index (χ3n) is 2.81. The molecule has 0 atom stereocenters. The van der Waals surface area contributed by atoms with Gasteiger partial charge in [0.1, 0.15) is 24.0 Å². The molecule has 0 radical (unpaired) electrons. The first-order valence-corrected chi connectivity index (χ1v) is 6.32. The molecule has 0 spiro atoms. The van der Waals surface area contributed by atoms with Crippen LogP contribution >= 0.6 is 0 Å². The summed E-state index contributed by atoms with van der Waals surface area (Å²) < 4.78 is 37.9. The highest BCUT2D eigenvalue weighted by atomic mass is 19.4. The van der Waals surface area contributed by atoms with Crippen molar-refractivity contribution in [2.24, 2.45) is 0 Å². The van der Waals surface area contributed by atoms with E-state index in [0.717, 1.165) is 12.8 Å². The molecule has 1 N–H and O–H groups in total. The fourth-order valence-electron chi connectivity index (χ4n) is 1.95. The van der Waals surface area contributed by atoms with Gasteiger partial charge in [0, 0.05) is 18.7 Å². The summed E-state index contributed by atoms with van der Waals surface area (Å²) in [6.07, 6.45) is -2.65. The van der Waals surface area contributed by atoms with Crippen LogP contribution in [-0.4, -0.2) is 35.3 Å². The second-order valence-corrected chi connectivity index (χ2v) is 4.66. The Morgan fingerprint density at radius 3 is 2.58 bits per heavy atom. The Bertz CT molecular complexity index is 443. The van der Waals surface area contributed by atoms with E-state index in [4.69, 9.17) is 0 Å². The number of anilines is 2. The van der Waals surface area contributed by atoms with Gasteiger partial charge in [-0.25, -0.2) is 9.97 Å². The molecule has 1 aliphatic rings. The van der Waals surface area contributed by atoms with Gasteiger partial charge in [0.05, 0.1) is 0 Å². The minimum atomic E-state index is -4.22. The Morgan fingerprint density at radius 2 is 2.05 bits per heavy atom. The predicted octanol–water partition coefficient (Wildman–Crippen LogP) is 2.75. The van der Waals surface area contributed by atoms with Gasteiger partial charge in [0.25, 0.3) is 0 Å². The molecule has 0 amide bonds. The van der Waals surface area contributed by atoms with Crippen LogP contribution in [0.25, 0.3) is 0 Å². The summed E-state index contributed by atoms with van der Waals surface area (Å²) in [6, 6.07) is 1.53. The van der Waals surface area contributed by atoms with Gasteiger partial charge in [0.15, 0.2) is 0 Å². The normalized spacial score (nSPS) is 15.4. The third kappa shape index (κ3) is 3.97. The molecule has 4 nitrogen and oxygen atoms in total. The number of aryl methyl sites for hydroxylation is 1. The zero-order chi connectivity index (χ0) is 14.0. The van der Waals surface area contributed by atoms with Crippen molar-refractivity contribution >= 4 is 11.6 Å². The van der Waals surface area contributed by atoms with Crippen LogP contribution in [0, 0.1) is 6.92 Å². The van der Waals surface area contributed by atoms with Crippen molar-refractivity contribution in [1.82, 2.24) is 9.97 Å². The Morgan fingerprint density at radius 1 is 1.37 bits per heavy atom. The molecule has 0 bridgehead atoms. The van der Waals surface area contributed by atoms with E-state index >= 15 is 0 Å². The molecule has 2 rings (SSSR count). The zero-order valence-electron chi connectivity index (χ0n) is 11.0. The average Bonchev–Trinajstić information content (AvgIpc) is 3.08. The van der Waals surface area contributed by atoms with Crippen molar-refractivity contribution in [2.45, 2.75) is 38.9 Å². The summed E-state index contributed by atoms with van der Waals surface area (Å²) in [5.41, 5.74) is 0. The van der Waals surface area contributed by atoms with Crippen LogP contribution in [0.15, 0.2) is 6.07 Å². The predicted molar refractivity (Wildman–Crippen MR) is 67.4 cm³/mol. The molecule has 106 valence electrons. The number of nitrogens with one attached hydrogen (secondary N) is 1. The highest BCUT2D eigenvalue weighted by Gasteiger charge is 2.39. The van der Waals surface area contributed by atoms with E-state index < -0.39 is 12.7 Å². The summed E-state index contributed by atoms with van der Waals surface area (Å²) in [6.45, 7) is 3.30. The van der Waals surface area contributed by atoms with Crippen molar-refractivity contribution < 1.29 is 13.2 Å². The summed E-state index contributed by atoms with van der Waals surface area (Å²) in [5.74, 6) is 1.39. The number of hydrogen-bond acceptors (Lipinski definition) is 4. The molecule has 1 heterocycles. The molecule has 1 fully saturated rings. The highest BCUT2D eigenvalue weighted by Crippen LogP contribution is 2.34. The summed E-state index contributed by atoms with van der Waals surface area (Å²) in [5, 5.41) is 3.01. The Labute approximate surface area is 110 Å². The lowest BCUT2D eigenvalue weighted by atomic mass is 10.4. The monoisotopic (exact) mass is 274 g/mol. The molecule has 1 aliphatic carbocycles. The van der Waals surface area contributed by atoms with E-state index in [1.54, 1.807) is 13.0 Å². The van der Waals surface area contributed by atoms with Gasteiger partial charge < -0.3 is 10.2 Å².